The summed E-state index contributed by atoms with van der Waals surface area (Å²) in [4.78, 5) is 18.0. The monoisotopic (exact) mass is 467 g/mol. The maximum atomic E-state index is 12.5. The van der Waals surface area contributed by atoms with Gasteiger partial charge in [-0.25, -0.2) is 4.98 Å². The molecule has 0 saturated carbocycles. The number of imidazole rings is 1. The van der Waals surface area contributed by atoms with Crippen LogP contribution in [0, 0.1) is 0 Å². The number of rotatable bonds is 8. The third-order valence-electron chi connectivity index (χ3n) is 4.50. The van der Waals surface area contributed by atoms with Crippen molar-refractivity contribution in [2.24, 2.45) is 7.05 Å². The maximum Gasteiger partial charge on any atom is 0.422 e. The summed E-state index contributed by atoms with van der Waals surface area (Å²) < 4.78 is 50.0. The number of nitrogens with zero attached hydrogens (tertiary/aromatic N) is 3. The third kappa shape index (κ3) is 5.80. The maximum absolute atomic E-state index is 12.5. The molecular weight excluding hydrogens is 447 g/mol. The van der Waals surface area contributed by atoms with Crippen LogP contribution in [-0.2, 0) is 13.6 Å². The zero-order chi connectivity index (χ0) is 23.5. The van der Waals surface area contributed by atoms with Gasteiger partial charge in [0.15, 0.2) is 12.9 Å². The minimum Gasteiger partial charge on any atom is -0.483 e. The molecule has 0 saturated heterocycles. The molecule has 10 heteroatoms. The summed E-state index contributed by atoms with van der Waals surface area (Å²) in [6.45, 7) is -0.859. The molecule has 3 rings (SSSR count). The standard InChI is InChI=1S/C22H21ClF3N3O3/c1-28(2)11-21-27-10-18(29(21)3)14-4-6-16(7-5-14)32-20-9-15(23)8-19(17(20)12-30)31-13-22(24,25)26/h4-10,12H,11,13H2,1-3H3. The van der Waals surface area contributed by atoms with Crippen molar-refractivity contribution >= 4 is 17.9 Å². The highest BCUT2D eigenvalue weighted by Crippen LogP contribution is 2.36. The minimum atomic E-state index is -4.56. The van der Waals surface area contributed by atoms with E-state index in [2.05, 4.69) is 4.98 Å². The molecule has 0 aliphatic rings. The van der Waals surface area contributed by atoms with Gasteiger partial charge < -0.3 is 18.9 Å². The van der Waals surface area contributed by atoms with Crippen LogP contribution in [-0.4, -0.2) is 47.6 Å². The first-order valence-corrected chi connectivity index (χ1v) is 9.87. The number of carbonyl (C=O) groups excluding carboxylic acids is 1. The van der Waals surface area contributed by atoms with Gasteiger partial charge in [0.1, 0.15) is 23.1 Å². The second-order valence-corrected chi connectivity index (χ2v) is 7.76. The molecule has 3 aromatic rings. The van der Waals surface area contributed by atoms with Crippen molar-refractivity contribution in [1.29, 1.82) is 0 Å². The number of hydrogen-bond acceptors (Lipinski definition) is 5. The van der Waals surface area contributed by atoms with E-state index in [9.17, 15) is 18.0 Å². The summed E-state index contributed by atoms with van der Waals surface area (Å²) in [5.41, 5.74) is 1.64. The molecule has 0 aliphatic heterocycles. The van der Waals surface area contributed by atoms with E-state index in [0.717, 1.165) is 23.1 Å². The smallest absolute Gasteiger partial charge is 0.422 e. The van der Waals surface area contributed by atoms with E-state index in [1.54, 1.807) is 18.3 Å². The molecule has 1 aromatic heterocycles. The van der Waals surface area contributed by atoms with Gasteiger partial charge in [-0.3, -0.25) is 4.79 Å². The molecule has 32 heavy (non-hydrogen) atoms. The van der Waals surface area contributed by atoms with Crippen LogP contribution in [0.5, 0.6) is 17.2 Å². The van der Waals surface area contributed by atoms with Gasteiger partial charge in [-0.2, -0.15) is 13.2 Å². The fraction of sp³-hybridized carbons (Fsp3) is 0.273. The summed E-state index contributed by atoms with van der Waals surface area (Å²) in [6, 6.07) is 9.48. The molecule has 170 valence electrons. The number of aldehydes is 1. The second kappa shape index (κ2) is 9.62. The van der Waals surface area contributed by atoms with E-state index in [-0.39, 0.29) is 22.1 Å². The zero-order valence-electron chi connectivity index (χ0n) is 17.6. The van der Waals surface area contributed by atoms with E-state index < -0.39 is 12.8 Å². The highest BCUT2D eigenvalue weighted by atomic mass is 35.5. The van der Waals surface area contributed by atoms with Gasteiger partial charge >= 0.3 is 6.18 Å². The van der Waals surface area contributed by atoms with E-state index in [1.807, 2.05) is 42.7 Å². The summed E-state index contributed by atoms with van der Waals surface area (Å²) in [5.74, 6) is 0.966. The Morgan fingerprint density at radius 1 is 1.16 bits per heavy atom. The number of aromatic nitrogens is 2. The Balaban J connectivity index is 1.83. The van der Waals surface area contributed by atoms with Crippen molar-refractivity contribution in [1.82, 2.24) is 14.5 Å². The Hall–Kier alpha value is -3.04. The lowest BCUT2D eigenvalue weighted by Crippen LogP contribution is -2.19. The molecule has 0 unspecified atom stereocenters. The molecule has 0 N–H and O–H groups in total. The predicted octanol–water partition coefficient (Wildman–Crippen LogP) is 5.35. The van der Waals surface area contributed by atoms with Crippen LogP contribution in [0.2, 0.25) is 5.02 Å². The molecule has 0 amide bonds. The quantitative estimate of drug-likeness (QED) is 0.418. The molecule has 1 heterocycles. The number of alkyl halides is 3. The lowest BCUT2D eigenvalue weighted by molar-refractivity contribution is -0.153. The first-order valence-electron chi connectivity index (χ1n) is 9.49. The van der Waals surface area contributed by atoms with Crippen LogP contribution >= 0.6 is 11.6 Å². The topological polar surface area (TPSA) is 56.6 Å². The Bertz CT molecular complexity index is 1100. The van der Waals surface area contributed by atoms with Crippen molar-refractivity contribution in [3.05, 3.63) is 59.0 Å². The van der Waals surface area contributed by atoms with Crippen LogP contribution < -0.4 is 9.47 Å². The van der Waals surface area contributed by atoms with Crippen LogP contribution in [0.3, 0.4) is 0 Å². The third-order valence-corrected chi connectivity index (χ3v) is 4.72. The molecule has 0 radical (unpaired) electrons. The van der Waals surface area contributed by atoms with Crippen molar-refractivity contribution < 1.29 is 27.4 Å². The molecule has 0 fully saturated rings. The van der Waals surface area contributed by atoms with E-state index >= 15 is 0 Å². The normalized spacial score (nSPS) is 11.6. The largest absolute Gasteiger partial charge is 0.483 e. The van der Waals surface area contributed by atoms with Gasteiger partial charge in [-0.05, 0) is 44.4 Å². The SMILES string of the molecule is CN(C)Cc1ncc(-c2ccc(Oc3cc(Cl)cc(OCC(F)(F)F)c3C=O)cc2)n1C. The number of carbonyl (C=O) groups is 1. The lowest BCUT2D eigenvalue weighted by atomic mass is 10.1. The Labute approximate surface area is 188 Å². The molecular formula is C22H21ClF3N3O3. The predicted molar refractivity (Wildman–Crippen MR) is 114 cm³/mol. The van der Waals surface area contributed by atoms with E-state index in [0.29, 0.717) is 18.6 Å². The average molecular weight is 468 g/mol. The van der Waals surface area contributed by atoms with Gasteiger partial charge in [-0.1, -0.05) is 11.6 Å². The highest BCUT2D eigenvalue weighted by Gasteiger charge is 2.29. The number of benzene rings is 2. The molecule has 2 aromatic carbocycles. The molecule has 0 bridgehead atoms. The fourth-order valence-corrected chi connectivity index (χ4v) is 3.21. The second-order valence-electron chi connectivity index (χ2n) is 7.32. The van der Waals surface area contributed by atoms with Gasteiger partial charge in [0.25, 0.3) is 0 Å². The van der Waals surface area contributed by atoms with Crippen molar-refractivity contribution in [2.75, 3.05) is 20.7 Å². The van der Waals surface area contributed by atoms with E-state index in [1.165, 1.54) is 6.07 Å². The minimum absolute atomic E-state index is 0.00812. The Morgan fingerprint density at radius 3 is 2.41 bits per heavy atom. The van der Waals surface area contributed by atoms with Crippen molar-refractivity contribution in [3.63, 3.8) is 0 Å². The molecule has 6 nitrogen and oxygen atoms in total. The van der Waals surface area contributed by atoms with Crippen molar-refractivity contribution in [3.8, 4) is 28.5 Å². The van der Waals surface area contributed by atoms with Crippen LogP contribution in [0.25, 0.3) is 11.3 Å². The number of hydrogen-bond donors (Lipinski definition) is 0. The summed E-state index contributed by atoms with van der Waals surface area (Å²) in [5, 5.41) is 0.0719. The summed E-state index contributed by atoms with van der Waals surface area (Å²) >= 11 is 5.99. The summed E-state index contributed by atoms with van der Waals surface area (Å²) in [7, 11) is 5.85. The van der Waals surface area contributed by atoms with Gasteiger partial charge in [0.05, 0.1) is 24.0 Å². The Kier molecular flexibility index (Phi) is 7.10. The zero-order valence-corrected chi connectivity index (χ0v) is 18.4. The Morgan fingerprint density at radius 2 is 1.81 bits per heavy atom. The first kappa shape index (κ1) is 23.6. The average Bonchev–Trinajstić information content (AvgIpc) is 3.06. The van der Waals surface area contributed by atoms with Crippen molar-refractivity contribution in [2.45, 2.75) is 12.7 Å². The summed E-state index contributed by atoms with van der Waals surface area (Å²) in [6.07, 6.45) is -2.41. The van der Waals surface area contributed by atoms with Gasteiger partial charge in [0, 0.05) is 23.7 Å². The number of halogens is 4. The van der Waals surface area contributed by atoms with Gasteiger partial charge in [0.2, 0.25) is 0 Å². The number of ether oxygens (including phenoxy) is 2. The highest BCUT2D eigenvalue weighted by molar-refractivity contribution is 6.31. The van der Waals surface area contributed by atoms with E-state index in [4.69, 9.17) is 21.1 Å². The first-order chi connectivity index (χ1) is 15.1. The van der Waals surface area contributed by atoms with Crippen LogP contribution in [0.15, 0.2) is 42.6 Å². The lowest BCUT2D eigenvalue weighted by Gasteiger charge is -2.15. The fourth-order valence-electron chi connectivity index (χ4n) is 3.02. The molecule has 0 aliphatic carbocycles. The van der Waals surface area contributed by atoms with Crippen LogP contribution in [0.1, 0.15) is 16.2 Å². The van der Waals surface area contributed by atoms with Gasteiger partial charge in [-0.15, -0.1) is 0 Å². The van der Waals surface area contributed by atoms with Crippen LogP contribution in [0.4, 0.5) is 13.2 Å². The molecule has 0 atom stereocenters. The molecule has 0 spiro atoms.